The smallest absolute Gasteiger partial charge is 0.0268 e. The van der Waals surface area contributed by atoms with Crippen LogP contribution in [-0.4, -0.2) is 34.8 Å². The molecule has 0 N–H and O–H groups in total. The lowest BCUT2D eigenvalue weighted by Gasteiger charge is -2.57. The second-order valence-electron chi connectivity index (χ2n) is 6.61. The van der Waals surface area contributed by atoms with Crippen molar-refractivity contribution in [3.8, 4) is 0 Å². The van der Waals surface area contributed by atoms with Crippen LogP contribution in [0.5, 0.6) is 0 Å². The minimum absolute atomic E-state index is 0.312. The Labute approximate surface area is 93.7 Å². The van der Waals surface area contributed by atoms with E-state index in [1.807, 2.05) is 0 Å². The molecule has 0 spiro atoms. The Balaban J connectivity index is 5.45. The molecule has 1 nitrogen and oxygen atoms in total. The summed E-state index contributed by atoms with van der Waals surface area (Å²) in [6, 6.07) is 1.33. The fourth-order valence-electron chi connectivity index (χ4n) is 3.84. The average molecular weight is 215 g/mol. The molecule has 2 heteroatoms. The maximum absolute atomic E-state index is 2.44. The SMILES string of the molecule is CN(C)C(C[SiH3])(C(C)(C)C)C(C)(C)C. The van der Waals surface area contributed by atoms with Gasteiger partial charge in [0.05, 0.1) is 0 Å². The van der Waals surface area contributed by atoms with Gasteiger partial charge in [-0.05, 0) is 31.0 Å². The van der Waals surface area contributed by atoms with Gasteiger partial charge in [-0.25, -0.2) is 0 Å². The van der Waals surface area contributed by atoms with Crippen molar-refractivity contribution in [2.75, 3.05) is 14.1 Å². The van der Waals surface area contributed by atoms with E-state index in [2.05, 4.69) is 60.5 Å². The second-order valence-corrected chi connectivity index (χ2v) is 7.32. The molecule has 0 fully saturated rings. The van der Waals surface area contributed by atoms with E-state index < -0.39 is 0 Å². The molecule has 0 aliphatic heterocycles. The second kappa shape index (κ2) is 3.97. The molecule has 0 bridgehead atoms. The normalized spacial score (nSPS) is 15.2. The molecular weight excluding hydrogens is 186 g/mol. The summed E-state index contributed by atoms with van der Waals surface area (Å²) in [6.07, 6.45) is 0. The summed E-state index contributed by atoms with van der Waals surface area (Å²) < 4.78 is 0. The molecule has 0 saturated heterocycles. The fraction of sp³-hybridized carbons (Fsp3) is 1.00. The third kappa shape index (κ3) is 2.06. The van der Waals surface area contributed by atoms with Crippen molar-refractivity contribution in [2.24, 2.45) is 10.8 Å². The van der Waals surface area contributed by atoms with Crippen LogP contribution in [0.1, 0.15) is 41.5 Å². The van der Waals surface area contributed by atoms with Crippen LogP contribution in [0, 0.1) is 10.8 Å². The largest absolute Gasteiger partial charge is 0.303 e. The summed E-state index contributed by atoms with van der Waals surface area (Å²) >= 11 is 0. The van der Waals surface area contributed by atoms with Gasteiger partial charge in [0.2, 0.25) is 0 Å². The number of rotatable bonds is 2. The van der Waals surface area contributed by atoms with E-state index >= 15 is 0 Å². The fourth-order valence-corrected chi connectivity index (χ4v) is 6.60. The predicted molar refractivity (Wildman–Crippen MR) is 70.1 cm³/mol. The van der Waals surface area contributed by atoms with Crippen molar-refractivity contribution < 1.29 is 0 Å². The maximum atomic E-state index is 2.44. The van der Waals surface area contributed by atoms with Crippen molar-refractivity contribution in [1.82, 2.24) is 4.90 Å². The quantitative estimate of drug-likeness (QED) is 0.638. The predicted octanol–water partition coefficient (Wildman–Crippen LogP) is 2.16. The summed E-state index contributed by atoms with van der Waals surface area (Å²) in [4.78, 5) is 2.44. The Morgan fingerprint density at radius 3 is 1.14 bits per heavy atom. The first-order valence-electron chi connectivity index (χ1n) is 5.68. The van der Waals surface area contributed by atoms with Gasteiger partial charge in [0.25, 0.3) is 0 Å². The number of hydrogen-bond donors (Lipinski definition) is 0. The lowest BCUT2D eigenvalue weighted by atomic mass is 9.60. The van der Waals surface area contributed by atoms with Crippen LogP contribution in [-0.2, 0) is 0 Å². The van der Waals surface area contributed by atoms with Crippen LogP contribution in [0.4, 0.5) is 0 Å². The third-order valence-electron chi connectivity index (χ3n) is 3.76. The Morgan fingerprint density at radius 2 is 1.14 bits per heavy atom. The Hall–Kier alpha value is 0.177. The van der Waals surface area contributed by atoms with Gasteiger partial charge in [0, 0.05) is 15.8 Å². The van der Waals surface area contributed by atoms with E-state index in [0.29, 0.717) is 16.4 Å². The first-order valence-corrected chi connectivity index (χ1v) is 7.09. The summed E-state index contributed by atoms with van der Waals surface area (Å²) in [7, 11) is 5.73. The Morgan fingerprint density at radius 1 is 0.857 bits per heavy atom. The molecule has 0 rings (SSSR count). The van der Waals surface area contributed by atoms with E-state index in [4.69, 9.17) is 0 Å². The molecule has 0 aliphatic carbocycles. The molecule has 0 heterocycles. The van der Waals surface area contributed by atoms with Crippen molar-refractivity contribution in [1.29, 1.82) is 0 Å². The van der Waals surface area contributed by atoms with Crippen LogP contribution in [0.3, 0.4) is 0 Å². The highest BCUT2D eigenvalue weighted by atomic mass is 28.1. The maximum Gasteiger partial charge on any atom is 0.0268 e. The Kier molecular flexibility index (Phi) is 4.02. The molecular formula is C12H29NSi. The zero-order valence-corrected chi connectivity index (χ0v) is 13.7. The lowest BCUT2D eigenvalue weighted by Crippen LogP contribution is -2.61. The van der Waals surface area contributed by atoms with E-state index in [1.165, 1.54) is 16.3 Å². The molecule has 0 aliphatic rings. The van der Waals surface area contributed by atoms with Crippen LogP contribution in [0.15, 0.2) is 0 Å². The molecule has 0 aromatic heterocycles. The molecule has 0 unspecified atom stereocenters. The highest BCUT2D eigenvalue weighted by Gasteiger charge is 2.50. The zero-order valence-electron chi connectivity index (χ0n) is 11.7. The summed E-state index contributed by atoms with van der Waals surface area (Å²) in [5, 5.41) is 0. The molecule has 86 valence electrons. The molecule has 0 atom stereocenters. The summed E-state index contributed by atoms with van der Waals surface area (Å²) in [5.74, 6) is 0. The van der Waals surface area contributed by atoms with Gasteiger partial charge >= 0.3 is 0 Å². The van der Waals surface area contributed by atoms with Crippen LogP contribution >= 0.6 is 0 Å². The summed E-state index contributed by atoms with van der Waals surface area (Å²) in [6.45, 7) is 14.2. The highest BCUT2D eigenvalue weighted by Crippen LogP contribution is 2.49. The van der Waals surface area contributed by atoms with Crippen molar-refractivity contribution in [3.05, 3.63) is 0 Å². The van der Waals surface area contributed by atoms with Crippen LogP contribution in [0.2, 0.25) is 6.04 Å². The third-order valence-corrected chi connectivity index (χ3v) is 4.78. The van der Waals surface area contributed by atoms with Crippen molar-refractivity contribution in [2.45, 2.75) is 53.1 Å². The zero-order chi connectivity index (χ0) is 11.8. The van der Waals surface area contributed by atoms with Crippen molar-refractivity contribution in [3.63, 3.8) is 0 Å². The van der Waals surface area contributed by atoms with Gasteiger partial charge in [0.1, 0.15) is 0 Å². The Bertz CT molecular complexity index is 169. The molecule has 0 aromatic carbocycles. The van der Waals surface area contributed by atoms with E-state index in [-0.39, 0.29) is 0 Å². The van der Waals surface area contributed by atoms with E-state index in [1.54, 1.807) is 0 Å². The standard InChI is InChI=1S/C12H29NSi/c1-10(2,3)12(9-14,13(7)8)11(4,5)6/h9H2,1-8,14H3. The minimum Gasteiger partial charge on any atom is -0.303 e. The highest BCUT2D eigenvalue weighted by molar-refractivity contribution is 6.09. The first kappa shape index (κ1) is 14.2. The summed E-state index contributed by atoms with van der Waals surface area (Å²) in [5.41, 5.74) is 0.971. The van der Waals surface area contributed by atoms with Gasteiger partial charge in [-0.15, -0.1) is 0 Å². The molecule has 14 heavy (non-hydrogen) atoms. The molecule has 0 aromatic rings. The average Bonchev–Trinajstić information content (AvgIpc) is 1.80. The van der Waals surface area contributed by atoms with Gasteiger partial charge in [-0.2, -0.15) is 0 Å². The van der Waals surface area contributed by atoms with Gasteiger partial charge in [-0.3, -0.25) is 0 Å². The van der Waals surface area contributed by atoms with Gasteiger partial charge in [0.15, 0.2) is 0 Å². The molecule has 0 amide bonds. The van der Waals surface area contributed by atoms with E-state index in [0.717, 1.165) is 0 Å². The van der Waals surface area contributed by atoms with Gasteiger partial charge < -0.3 is 4.90 Å². The monoisotopic (exact) mass is 215 g/mol. The van der Waals surface area contributed by atoms with Crippen LogP contribution in [0.25, 0.3) is 0 Å². The lowest BCUT2D eigenvalue weighted by molar-refractivity contribution is -0.0452. The van der Waals surface area contributed by atoms with Crippen molar-refractivity contribution >= 4 is 10.2 Å². The van der Waals surface area contributed by atoms with Gasteiger partial charge in [-0.1, -0.05) is 41.5 Å². The minimum atomic E-state index is 0.312. The topological polar surface area (TPSA) is 3.24 Å². The van der Waals surface area contributed by atoms with E-state index in [9.17, 15) is 0 Å². The molecule has 0 radical (unpaired) electrons. The number of nitrogens with zero attached hydrogens (tertiary/aromatic N) is 1. The molecule has 0 saturated carbocycles. The first-order chi connectivity index (χ1) is 6.00. The van der Waals surface area contributed by atoms with Crippen LogP contribution < -0.4 is 0 Å². The number of hydrogen-bond acceptors (Lipinski definition) is 1.